The first kappa shape index (κ1) is 18.8. The van der Waals surface area contributed by atoms with E-state index in [0.717, 1.165) is 6.16 Å². The second-order valence-corrected chi connectivity index (χ2v) is 5.88. The fourth-order valence-electron chi connectivity index (χ4n) is 1.51. The summed E-state index contributed by atoms with van der Waals surface area (Å²) in [5, 5.41) is 0.427. The van der Waals surface area contributed by atoms with Crippen LogP contribution in [-0.2, 0) is 0 Å². The van der Waals surface area contributed by atoms with Gasteiger partial charge in [0, 0.05) is 18.9 Å². The van der Waals surface area contributed by atoms with Crippen LogP contribution < -0.4 is 9.47 Å². The second kappa shape index (κ2) is 8.88. The molecule has 19 heavy (non-hydrogen) atoms. The SMILES string of the molecule is COc1ccc(Cl)c(OC)c1C(=O)PCC(C)C.[Li]. The molecule has 1 aromatic rings. The number of carbonyl (C=O) groups excluding carboxylic acids is 1. The molecule has 1 unspecified atom stereocenters. The molecular weight excluding hydrogens is 278 g/mol. The molecule has 6 heteroatoms. The molecule has 0 saturated carbocycles. The van der Waals surface area contributed by atoms with Gasteiger partial charge in [0.2, 0.25) is 0 Å². The molecule has 0 amide bonds. The molecule has 0 spiro atoms. The van der Waals surface area contributed by atoms with Crippen LogP contribution in [0.3, 0.4) is 0 Å². The van der Waals surface area contributed by atoms with Crippen LogP contribution >= 0.6 is 20.2 Å². The van der Waals surface area contributed by atoms with E-state index in [0.29, 0.717) is 28.0 Å². The number of ether oxygens (including phenoxy) is 2. The normalized spacial score (nSPS) is 10.6. The van der Waals surface area contributed by atoms with Gasteiger partial charge in [-0.15, -0.1) is 0 Å². The summed E-state index contributed by atoms with van der Waals surface area (Å²) in [6.07, 6.45) is 0.859. The first-order valence-electron chi connectivity index (χ1n) is 5.70. The number of benzene rings is 1. The summed E-state index contributed by atoms with van der Waals surface area (Å²) in [6.45, 7) is 4.18. The molecule has 0 aromatic heterocycles. The van der Waals surface area contributed by atoms with Crippen LogP contribution in [0.4, 0.5) is 0 Å². The Morgan fingerprint density at radius 3 is 2.42 bits per heavy atom. The van der Waals surface area contributed by atoms with Crippen molar-refractivity contribution in [3.63, 3.8) is 0 Å². The van der Waals surface area contributed by atoms with Gasteiger partial charge in [-0.1, -0.05) is 25.4 Å². The second-order valence-electron chi connectivity index (χ2n) is 4.26. The molecule has 0 heterocycles. The van der Waals surface area contributed by atoms with Gasteiger partial charge < -0.3 is 9.47 Å². The maximum Gasteiger partial charge on any atom is 0.188 e. The zero-order chi connectivity index (χ0) is 13.7. The van der Waals surface area contributed by atoms with Crippen molar-refractivity contribution < 1.29 is 14.3 Å². The molecule has 3 nitrogen and oxygen atoms in total. The summed E-state index contributed by atoms with van der Waals surface area (Å²) in [5.74, 6) is 1.40. The van der Waals surface area contributed by atoms with Crippen LogP contribution in [0.5, 0.6) is 11.5 Å². The Hall–Kier alpha value is -0.193. The van der Waals surface area contributed by atoms with Crippen LogP contribution in [0.1, 0.15) is 24.2 Å². The third kappa shape index (κ3) is 5.01. The van der Waals surface area contributed by atoms with Gasteiger partial charge in [-0.3, -0.25) is 4.79 Å². The minimum absolute atomic E-state index is 0. The molecule has 0 bridgehead atoms. The number of hydrogen-bond donors (Lipinski definition) is 0. The third-order valence-corrected chi connectivity index (χ3v) is 4.28. The molecule has 1 atom stereocenters. The minimum atomic E-state index is 0. The molecule has 0 aliphatic heterocycles. The van der Waals surface area contributed by atoms with Crippen molar-refractivity contribution in [1.82, 2.24) is 0 Å². The molecule has 0 aliphatic carbocycles. The van der Waals surface area contributed by atoms with Crippen LogP contribution in [0.15, 0.2) is 12.1 Å². The molecule has 0 fully saturated rings. The van der Waals surface area contributed by atoms with Crippen LogP contribution in [-0.4, -0.2) is 44.8 Å². The number of halogens is 1. The van der Waals surface area contributed by atoms with Gasteiger partial charge in [-0.25, -0.2) is 0 Å². The molecule has 0 saturated heterocycles. The van der Waals surface area contributed by atoms with Crippen LogP contribution in [0.2, 0.25) is 5.02 Å². The van der Waals surface area contributed by atoms with Gasteiger partial charge in [0.05, 0.1) is 19.2 Å². The van der Waals surface area contributed by atoms with Gasteiger partial charge in [0.15, 0.2) is 11.3 Å². The fourth-order valence-corrected chi connectivity index (χ4v) is 2.75. The Bertz CT molecular complexity index is 438. The van der Waals surface area contributed by atoms with E-state index in [1.54, 1.807) is 12.1 Å². The summed E-state index contributed by atoms with van der Waals surface area (Å²) < 4.78 is 10.4. The van der Waals surface area contributed by atoms with Crippen molar-refractivity contribution in [3.8, 4) is 11.5 Å². The topological polar surface area (TPSA) is 35.5 Å². The van der Waals surface area contributed by atoms with E-state index >= 15 is 0 Å². The number of rotatable bonds is 6. The number of carbonyl (C=O) groups is 1. The van der Waals surface area contributed by atoms with E-state index in [9.17, 15) is 4.79 Å². The first-order valence-corrected chi connectivity index (χ1v) is 7.28. The predicted molar refractivity (Wildman–Crippen MR) is 82.7 cm³/mol. The largest absolute Gasteiger partial charge is 0.496 e. The van der Waals surface area contributed by atoms with E-state index in [-0.39, 0.29) is 33.0 Å². The molecule has 0 aliphatic rings. The average molecular weight is 296 g/mol. The molecule has 1 aromatic carbocycles. The van der Waals surface area contributed by atoms with Crippen molar-refractivity contribution in [2.45, 2.75) is 13.8 Å². The van der Waals surface area contributed by atoms with Crippen molar-refractivity contribution in [2.24, 2.45) is 5.92 Å². The Kier molecular flexibility index (Phi) is 8.79. The van der Waals surface area contributed by atoms with Crippen LogP contribution in [0.25, 0.3) is 0 Å². The maximum absolute atomic E-state index is 12.3. The molecular formula is C13H18ClLiO3P. The molecule has 1 rings (SSSR count). The van der Waals surface area contributed by atoms with Crippen molar-refractivity contribution in [3.05, 3.63) is 22.7 Å². The van der Waals surface area contributed by atoms with Crippen molar-refractivity contribution in [1.29, 1.82) is 0 Å². The van der Waals surface area contributed by atoms with Gasteiger partial charge in [-0.05, 0) is 32.8 Å². The molecule has 101 valence electrons. The van der Waals surface area contributed by atoms with Crippen molar-refractivity contribution >= 4 is 44.6 Å². The standard InChI is InChI=1S/C13H18ClO3P.Li/c1-8(2)7-18-13(15)11-10(16-3)6-5-9(14)12(11)17-4;/h5-6,8,18H,7H2,1-4H3;. The van der Waals surface area contributed by atoms with E-state index in [4.69, 9.17) is 21.1 Å². The number of hydrogen-bond acceptors (Lipinski definition) is 3. The quantitative estimate of drug-likeness (QED) is 0.595. The summed E-state index contributed by atoms with van der Waals surface area (Å²) in [6, 6.07) is 3.36. The summed E-state index contributed by atoms with van der Waals surface area (Å²) in [7, 11) is 3.24. The predicted octanol–water partition coefficient (Wildman–Crippen LogP) is 3.45. The summed E-state index contributed by atoms with van der Waals surface area (Å²) in [4.78, 5) is 12.3. The fraction of sp³-hybridized carbons (Fsp3) is 0.462. The monoisotopic (exact) mass is 295 g/mol. The van der Waals surface area contributed by atoms with Crippen LogP contribution in [0, 0.1) is 5.92 Å². The van der Waals surface area contributed by atoms with Gasteiger partial charge in [0.1, 0.15) is 11.3 Å². The van der Waals surface area contributed by atoms with E-state index < -0.39 is 0 Å². The Morgan fingerprint density at radius 2 is 1.95 bits per heavy atom. The van der Waals surface area contributed by atoms with E-state index in [2.05, 4.69) is 13.8 Å². The van der Waals surface area contributed by atoms with Crippen molar-refractivity contribution in [2.75, 3.05) is 20.4 Å². The summed E-state index contributed by atoms with van der Waals surface area (Å²) in [5.41, 5.74) is 0.478. The molecule has 0 N–H and O–H groups in total. The van der Waals surface area contributed by atoms with Gasteiger partial charge in [0.25, 0.3) is 0 Å². The minimum Gasteiger partial charge on any atom is -0.496 e. The van der Waals surface area contributed by atoms with E-state index in [1.165, 1.54) is 14.2 Å². The number of methoxy groups -OCH3 is 2. The average Bonchev–Trinajstić information content (AvgIpc) is 2.35. The zero-order valence-corrected chi connectivity index (χ0v) is 13.8. The van der Waals surface area contributed by atoms with Gasteiger partial charge >= 0.3 is 0 Å². The smallest absolute Gasteiger partial charge is 0.188 e. The van der Waals surface area contributed by atoms with Gasteiger partial charge in [-0.2, -0.15) is 0 Å². The summed E-state index contributed by atoms with van der Waals surface area (Å²) >= 11 is 6.04. The Balaban J connectivity index is 0.00000324. The zero-order valence-electron chi connectivity index (χ0n) is 12.0. The third-order valence-electron chi connectivity index (χ3n) is 2.39. The Labute approximate surface area is 133 Å². The maximum atomic E-state index is 12.3. The van der Waals surface area contributed by atoms with E-state index in [1.807, 2.05) is 0 Å². The Morgan fingerprint density at radius 1 is 1.32 bits per heavy atom. The first-order chi connectivity index (χ1) is 8.51. The molecule has 1 radical (unpaired) electrons.